The van der Waals surface area contributed by atoms with Crippen LogP contribution in [0.1, 0.15) is 71.3 Å². The molecule has 0 spiro atoms. The molecule has 2 rings (SSSR count). The van der Waals surface area contributed by atoms with Crippen molar-refractivity contribution in [1.29, 1.82) is 0 Å². The Morgan fingerprint density at radius 2 is 1.65 bits per heavy atom. The van der Waals surface area contributed by atoms with Gasteiger partial charge in [-0.05, 0) is 44.4 Å². The number of nitrogens with zero attached hydrogens (tertiary/aromatic N) is 1. The molecule has 0 bridgehead atoms. The van der Waals surface area contributed by atoms with Gasteiger partial charge in [0.15, 0.2) is 0 Å². The molecule has 0 radical (unpaired) electrons. The predicted molar refractivity (Wildman–Crippen MR) is 126 cm³/mol. The third-order valence-electron chi connectivity index (χ3n) is 5.87. The number of unbranched alkanes of at least 4 members (excludes halogenated alkanes) is 4. The van der Waals surface area contributed by atoms with E-state index in [9.17, 15) is 9.36 Å². The molecule has 1 aliphatic heterocycles. The van der Waals surface area contributed by atoms with Crippen LogP contribution in [0.25, 0.3) is 0 Å². The number of alkyl halides is 2. The van der Waals surface area contributed by atoms with Gasteiger partial charge in [-0.15, -0.1) is 0 Å². The van der Waals surface area contributed by atoms with E-state index in [2.05, 4.69) is 6.92 Å². The molecule has 1 saturated heterocycles. The van der Waals surface area contributed by atoms with E-state index in [1.807, 2.05) is 0 Å². The second kappa shape index (κ2) is 13.4. The highest BCUT2D eigenvalue weighted by Gasteiger charge is 2.57. The number of benzene rings is 1. The number of ether oxygens (including phenoxy) is 2. The minimum atomic E-state index is -4.72. The van der Waals surface area contributed by atoms with Crippen molar-refractivity contribution < 1.29 is 36.7 Å². The van der Waals surface area contributed by atoms with Crippen molar-refractivity contribution in [2.75, 3.05) is 20.3 Å². The average Bonchev–Trinajstić information content (AvgIpc) is 3.08. The van der Waals surface area contributed by atoms with Gasteiger partial charge in [0.2, 0.25) is 0 Å². The Morgan fingerprint density at radius 1 is 1.03 bits per heavy atom. The second-order valence-corrected chi connectivity index (χ2v) is 10.5. The summed E-state index contributed by atoms with van der Waals surface area (Å²) in [6, 6.07) is 6.05. The van der Waals surface area contributed by atoms with Crippen LogP contribution in [0.5, 0.6) is 5.75 Å². The van der Waals surface area contributed by atoms with E-state index < -0.39 is 37.9 Å². The third kappa shape index (κ3) is 7.40. The Morgan fingerprint density at radius 3 is 2.21 bits per heavy atom. The van der Waals surface area contributed by atoms with Crippen molar-refractivity contribution >= 4 is 13.7 Å². The summed E-state index contributed by atoms with van der Waals surface area (Å²) in [5, 5.41) is 0. The van der Waals surface area contributed by atoms with Gasteiger partial charge in [-0.25, -0.2) is 4.79 Å². The number of carbonyl (C=O) groups is 1. The number of hydrogen-bond acceptors (Lipinski definition) is 6. The molecular weight excluding hydrogens is 467 g/mol. The van der Waals surface area contributed by atoms with Gasteiger partial charge in [0.25, 0.3) is 0 Å². The number of amides is 1. The first-order valence-electron chi connectivity index (χ1n) is 12.1. The number of cyclic esters (lactones) is 1. The first-order valence-corrected chi connectivity index (χ1v) is 13.6. The van der Waals surface area contributed by atoms with Crippen LogP contribution >= 0.6 is 7.60 Å². The van der Waals surface area contributed by atoms with Crippen LogP contribution in [-0.2, 0) is 24.9 Å². The second-order valence-electron chi connectivity index (χ2n) is 8.37. The fourth-order valence-electron chi connectivity index (χ4n) is 4.09. The van der Waals surface area contributed by atoms with Crippen molar-refractivity contribution in [2.45, 2.75) is 90.1 Å². The van der Waals surface area contributed by atoms with E-state index in [4.69, 9.17) is 18.5 Å². The van der Waals surface area contributed by atoms with Crippen molar-refractivity contribution in [2.24, 2.45) is 0 Å². The van der Waals surface area contributed by atoms with Gasteiger partial charge in [-0.1, -0.05) is 44.7 Å². The highest BCUT2D eigenvalue weighted by atomic mass is 31.2. The lowest BCUT2D eigenvalue weighted by molar-refractivity contribution is 0.00558. The largest absolute Gasteiger partial charge is 0.497 e. The molecule has 2 atom stereocenters. The molecule has 1 fully saturated rings. The molecule has 7 nitrogen and oxygen atoms in total. The zero-order valence-electron chi connectivity index (χ0n) is 20.6. The Balaban J connectivity index is 2.25. The molecule has 0 N–H and O–H groups in total. The maximum Gasteiger partial charge on any atom is 0.410 e. The maximum atomic E-state index is 15.4. The van der Waals surface area contributed by atoms with E-state index in [1.165, 1.54) is 18.7 Å². The Bertz CT molecular complexity index is 797. The molecule has 1 amide bonds. The Kier molecular flexibility index (Phi) is 11.3. The minimum Gasteiger partial charge on any atom is -0.497 e. The fraction of sp³-hybridized carbons (Fsp3) is 0.708. The lowest BCUT2D eigenvalue weighted by atomic mass is 9.99. The van der Waals surface area contributed by atoms with E-state index >= 15 is 8.78 Å². The third-order valence-corrected chi connectivity index (χ3v) is 8.05. The zero-order chi connectivity index (χ0) is 25.2. The van der Waals surface area contributed by atoms with E-state index in [0.29, 0.717) is 12.2 Å². The minimum absolute atomic E-state index is 0.0868. The van der Waals surface area contributed by atoms with Gasteiger partial charge in [0.05, 0.1) is 26.4 Å². The van der Waals surface area contributed by atoms with Crippen LogP contribution < -0.4 is 4.74 Å². The summed E-state index contributed by atoms with van der Waals surface area (Å²) in [7, 11) is -3.18. The summed E-state index contributed by atoms with van der Waals surface area (Å²) in [5.74, 6) is 0.648. The summed E-state index contributed by atoms with van der Waals surface area (Å²) < 4.78 is 64.3. The fourth-order valence-corrected chi connectivity index (χ4v) is 5.64. The highest BCUT2D eigenvalue weighted by Crippen LogP contribution is 2.64. The van der Waals surface area contributed by atoms with Gasteiger partial charge < -0.3 is 18.5 Å². The van der Waals surface area contributed by atoms with E-state index in [1.54, 1.807) is 31.4 Å². The predicted octanol–water partition coefficient (Wildman–Crippen LogP) is 6.99. The van der Waals surface area contributed by atoms with Crippen LogP contribution in [0.3, 0.4) is 0 Å². The number of rotatable bonds is 16. The Hall–Kier alpha value is -1.70. The zero-order valence-corrected chi connectivity index (χ0v) is 21.5. The van der Waals surface area contributed by atoms with Gasteiger partial charge in [-0.2, -0.15) is 8.78 Å². The van der Waals surface area contributed by atoms with E-state index in [0.717, 1.165) is 37.7 Å². The molecule has 34 heavy (non-hydrogen) atoms. The SMILES string of the molecule is CCCCCCC[C@H]1OC(=O)N(Cc2ccc(OC)cc2)[C@H]1CC(F)(F)P(=O)(OCC)OCC. The summed E-state index contributed by atoms with van der Waals surface area (Å²) >= 11 is 0. The standard InChI is InChI=1S/C24H38F2NO6P/c1-5-8-9-10-11-12-22-21(17-24(25,26)34(29,31-6-2)32-7-3)27(23(28)33-22)18-19-13-15-20(30-4)16-14-19/h13-16,21-22H,5-12,17-18H2,1-4H3/t21-,22+/m0/s1. The summed E-state index contributed by atoms with van der Waals surface area (Å²) in [5.41, 5.74) is -3.04. The lowest BCUT2D eigenvalue weighted by Gasteiger charge is -2.31. The highest BCUT2D eigenvalue weighted by molar-refractivity contribution is 7.55. The number of methoxy groups -OCH3 is 1. The maximum absolute atomic E-state index is 15.4. The van der Waals surface area contributed by atoms with Gasteiger partial charge in [-0.3, -0.25) is 9.46 Å². The van der Waals surface area contributed by atoms with Crippen molar-refractivity contribution in [3.8, 4) is 5.75 Å². The molecule has 1 heterocycles. The average molecular weight is 506 g/mol. The monoisotopic (exact) mass is 505 g/mol. The van der Waals surface area contributed by atoms with Gasteiger partial charge in [0, 0.05) is 13.0 Å². The molecule has 1 aromatic rings. The normalized spacial score (nSPS) is 18.9. The van der Waals surface area contributed by atoms with Crippen LogP contribution in [0.15, 0.2) is 24.3 Å². The van der Waals surface area contributed by atoms with Crippen LogP contribution in [0, 0.1) is 0 Å². The molecule has 194 valence electrons. The summed E-state index contributed by atoms with van der Waals surface area (Å²) in [6.07, 6.45) is 3.12. The number of halogens is 2. The number of hydrogen-bond donors (Lipinski definition) is 0. The van der Waals surface area contributed by atoms with Crippen molar-refractivity contribution in [3.63, 3.8) is 0 Å². The Labute approximate surface area is 201 Å². The number of carbonyl (C=O) groups excluding carboxylic acids is 1. The molecule has 0 unspecified atom stereocenters. The molecule has 0 saturated carbocycles. The molecule has 0 aliphatic carbocycles. The molecular formula is C24H38F2NO6P. The van der Waals surface area contributed by atoms with Crippen LogP contribution in [0.2, 0.25) is 0 Å². The quantitative estimate of drug-likeness (QED) is 0.178. The molecule has 10 heteroatoms. The molecule has 1 aromatic carbocycles. The van der Waals surface area contributed by atoms with Gasteiger partial charge in [0.1, 0.15) is 11.9 Å². The molecule has 0 aromatic heterocycles. The first kappa shape index (κ1) is 28.5. The van der Waals surface area contributed by atoms with Gasteiger partial charge >= 0.3 is 19.4 Å². The van der Waals surface area contributed by atoms with Crippen LogP contribution in [-0.4, -0.2) is 49.1 Å². The van der Waals surface area contributed by atoms with Crippen LogP contribution in [0.4, 0.5) is 13.6 Å². The topological polar surface area (TPSA) is 74.3 Å². The smallest absolute Gasteiger partial charge is 0.410 e. The lowest BCUT2D eigenvalue weighted by Crippen LogP contribution is -2.41. The van der Waals surface area contributed by atoms with Crippen molar-refractivity contribution in [3.05, 3.63) is 29.8 Å². The van der Waals surface area contributed by atoms with E-state index in [-0.39, 0.29) is 19.8 Å². The molecule has 1 aliphatic rings. The summed E-state index contributed by atoms with van der Waals surface area (Å²) in [6.45, 7) is 4.82. The summed E-state index contributed by atoms with van der Waals surface area (Å²) in [4.78, 5) is 14.0. The first-order chi connectivity index (χ1) is 16.2. The van der Waals surface area contributed by atoms with Crippen molar-refractivity contribution in [1.82, 2.24) is 4.90 Å².